The molecular formula is C18H26. The van der Waals surface area contributed by atoms with Crippen LogP contribution in [-0.4, -0.2) is 0 Å². The third-order valence-corrected chi connectivity index (χ3v) is 6.74. The lowest BCUT2D eigenvalue weighted by atomic mass is 9.58. The molecular weight excluding hydrogens is 216 g/mol. The number of hydrogen-bond acceptors (Lipinski definition) is 0. The van der Waals surface area contributed by atoms with Crippen LogP contribution in [0, 0.1) is 29.6 Å². The first kappa shape index (κ1) is 11.3. The van der Waals surface area contributed by atoms with Gasteiger partial charge in [-0.15, -0.1) is 0 Å². The van der Waals surface area contributed by atoms with E-state index in [4.69, 9.17) is 0 Å². The minimum Gasteiger partial charge on any atom is -0.0998 e. The van der Waals surface area contributed by atoms with Crippen LogP contribution in [0.5, 0.6) is 0 Å². The first-order valence-corrected chi connectivity index (χ1v) is 8.09. The zero-order valence-electron chi connectivity index (χ0n) is 11.8. The summed E-state index contributed by atoms with van der Waals surface area (Å²) in [6.45, 7) is 6.69. The molecule has 4 aliphatic rings. The van der Waals surface area contributed by atoms with E-state index >= 15 is 0 Å². The highest BCUT2D eigenvalue weighted by Crippen LogP contribution is 2.58. The van der Waals surface area contributed by atoms with Crippen molar-refractivity contribution >= 4 is 0 Å². The average molecular weight is 242 g/mol. The van der Waals surface area contributed by atoms with Crippen molar-refractivity contribution in [1.82, 2.24) is 0 Å². The lowest BCUT2D eigenvalue weighted by Crippen LogP contribution is -2.38. The monoisotopic (exact) mass is 242 g/mol. The molecule has 18 heavy (non-hydrogen) atoms. The average Bonchev–Trinajstić information content (AvgIpc) is 2.91. The normalized spacial score (nSPS) is 46.9. The Morgan fingerprint density at radius 1 is 0.889 bits per heavy atom. The maximum absolute atomic E-state index is 4.29. The van der Waals surface area contributed by atoms with Crippen LogP contribution in [0.2, 0.25) is 0 Å². The molecule has 0 N–H and O–H groups in total. The molecule has 0 unspecified atom stereocenters. The Kier molecular flexibility index (Phi) is 2.51. The van der Waals surface area contributed by atoms with E-state index in [0.29, 0.717) is 0 Å². The highest BCUT2D eigenvalue weighted by atomic mass is 14.5. The molecule has 5 atom stereocenters. The predicted octanol–water partition coefficient (Wildman–Crippen LogP) is 5.12. The molecule has 0 aromatic rings. The van der Waals surface area contributed by atoms with Crippen molar-refractivity contribution in [1.29, 1.82) is 0 Å². The van der Waals surface area contributed by atoms with Crippen LogP contribution in [0.1, 0.15) is 58.3 Å². The van der Waals surface area contributed by atoms with Crippen molar-refractivity contribution in [3.8, 4) is 0 Å². The van der Waals surface area contributed by atoms with Crippen LogP contribution in [0.4, 0.5) is 0 Å². The van der Waals surface area contributed by atoms with Crippen molar-refractivity contribution in [3.05, 3.63) is 23.3 Å². The molecule has 0 saturated heterocycles. The van der Waals surface area contributed by atoms with Gasteiger partial charge in [0.25, 0.3) is 0 Å². The topological polar surface area (TPSA) is 0 Å². The number of fused-ring (bicyclic) bond motifs is 5. The van der Waals surface area contributed by atoms with Crippen LogP contribution in [0.3, 0.4) is 0 Å². The van der Waals surface area contributed by atoms with Gasteiger partial charge in [0, 0.05) is 0 Å². The maximum atomic E-state index is 4.29. The quantitative estimate of drug-likeness (QED) is 0.517. The van der Waals surface area contributed by atoms with E-state index in [-0.39, 0.29) is 0 Å². The summed E-state index contributed by atoms with van der Waals surface area (Å²) < 4.78 is 0. The molecule has 0 aromatic heterocycles. The minimum atomic E-state index is 0.999. The van der Waals surface area contributed by atoms with Gasteiger partial charge >= 0.3 is 0 Å². The van der Waals surface area contributed by atoms with Gasteiger partial charge in [0.2, 0.25) is 0 Å². The zero-order chi connectivity index (χ0) is 12.3. The third-order valence-electron chi connectivity index (χ3n) is 6.74. The Balaban J connectivity index is 1.62. The van der Waals surface area contributed by atoms with E-state index in [1.54, 1.807) is 11.1 Å². The molecule has 98 valence electrons. The van der Waals surface area contributed by atoms with Crippen molar-refractivity contribution in [2.75, 3.05) is 0 Å². The molecule has 3 saturated carbocycles. The summed E-state index contributed by atoms with van der Waals surface area (Å²) in [6, 6.07) is 0. The second-order valence-electron chi connectivity index (χ2n) is 7.48. The fraction of sp³-hybridized carbons (Fsp3) is 0.778. The minimum absolute atomic E-state index is 0.999. The lowest BCUT2D eigenvalue weighted by molar-refractivity contribution is 0.0558. The van der Waals surface area contributed by atoms with Gasteiger partial charge in [-0.1, -0.05) is 23.3 Å². The molecule has 4 aliphatic carbocycles. The van der Waals surface area contributed by atoms with Crippen LogP contribution < -0.4 is 0 Å². The maximum Gasteiger partial charge on any atom is -0.0166 e. The van der Waals surface area contributed by atoms with Gasteiger partial charge in [-0.25, -0.2) is 0 Å². The summed E-state index contributed by atoms with van der Waals surface area (Å²) in [4.78, 5) is 0. The molecule has 0 radical (unpaired) electrons. The predicted molar refractivity (Wildman–Crippen MR) is 76.2 cm³/mol. The Labute approximate surface area is 112 Å². The summed E-state index contributed by atoms with van der Waals surface area (Å²) in [5, 5.41) is 0. The van der Waals surface area contributed by atoms with Gasteiger partial charge in [-0.3, -0.25) is 0 Å². The molecule has 0 amide bonds. The summed E-state index contributed by atoms with van der Waals surface area (Å²) in [5.74, 6) is 5.16. The van der Waals surface area contributed by atoms with Gasteiger partial charge in [-0.2, -0.15) is 0 Å². The summed E-state index contributed by atoms with van der Waals surface area (Å²) >= 11 is 0. The summed E-state index contributed by atoms with van der Waals surface area (Å²) in [5.41, 5.74) is 5.22. The Bertz CT molecular complexity index is 414. The lowest BCUT2D eigenvalue weighted by Gasteiger charge is -2.47. The molecule has 0 nitrogen and oxygen atoms in total. The highest BCUT2D eigenvalue weighted by Gasteiger charge is 2.48. The molecule has 0 heterocycles. The zero-order valence-corrected chi connectivity index (χ0v) is 11.8. The van der Waals surface area contributed by atoms with Gasteiger partial charge in [0.1, 0.15) is 0 Å². The van der Waals surface area contributed by atoms with Crippen LogP contribution in [0.15, 0.2) is 23.3 Å². The molecule has 0 heteroatoms. The van der Waals surface area contributed by atoms with Crippen LogP contribution in [0.25, 0.3) is 0 Å². The largest absolute Gasteiger partial charge is 0.0998 e. The molecule has 0 aromatic carbocycles. The van der Waals surface area contributed by atoms with Gasteiger partial charge < -0.3 is 0 Å². The molecule has 0 spiro atoms. The molecule has 4 rings (SSSR count). The van der Waals surface area contributed by atoms with E-state index in [0.717, 1.165) is 29.6 Å². The van der Waals surface area contributed by atoms with Crippen molar-refractivity contribution in [2.24, 2.45) is 29.6 Å². The fourth-order valence-electron chi connectivity index (χ4n) is 6.01. The standard InChI is InChI=1S/C18H26/c1-11-9-13-4-6-16-15-5-3-12(2)14(15)7-8-17(16)18(13)10-11/h13,15-18H,1,3-10H2,2H3/t13-,15+,16-,17-,18-/m0/s1. The second kappa shape index (κ2) is 3.99. The highest BCUT2D eigenvalue weighted by molar-refractivity contribution is 5.26. The first-order chi connectivity index (χ1) is 8.74. The Hall–Kier alpha value is -0.520. The SMILES string of the molecule is C=C1C[C@@H]2CC[C@@H]3[C@H](CCC4=C(C)CC[C@H]43)[C@H]2C1. The molecule has 0 aliphatic heterocycles. The number of hydrogen-bond donors (Lipinski definition) is 0. The molecule has 3 fully saturated rings. The van der Waals surface area contributed by atoms with Gasteiger partial charge in [0.05, 0.1) is 0 Å². The van der Waals surface area contributed by atoms with E-state index in [1.165, 1.54) is 51.4 Å². The summed E-state index contributed by atoms with van der Waals surface area (Å²) in [7, 11) is 0. The second-order valence-corrected chi connectivity index (χ2v) is 7.48. The third kappa shape index (κ3) is 1.50. The fourth-order valence-corrected chi connectivity index (χ4v) is 6.01. The summed E-state index contributed by atoms with van der Waals surface area (Å²) in [6.07, 6.45) is 11.6. The number of rotatable bonds is 0. The van der Waals surface area contributed by atoms with Crippen LogP contribution >= 0.6 is 0 Å². The number of allylic oxidation sites excluding steroid dienone is 3. The first-order valence-electron chi connectivity index (χ1n) is 8.09. The van der Waals surface area contributed by atoms with Crippen molar-refractivity contribution in [2.45, 2.75) is 58.3 Å². The Morgan fingerprint density at radius 3 is 2.67 bits per heavy atom. The van der Waals surface area contributed by atoms with Crippen LogP contribution in [-0.2, 0) is 0 Å². The Morgan fingerprint density at radius 2 is 1.78 bits per heavy atom. The van der Waals surface area contributed by atoms with Crippen molar-refractivity contribution in [3.63, 3.8) is 0 Å². The van der Waals surface area contributed by atoms with E-state index in [1.807, 2.05) is 5.57 Å². The van der Waals surface area contributed by atoms with E-state index < -0.39 is 0 Å². The van der Waals surface area contributed by atoms with E-state index in [2.05, 4.69) is 13.5 Å². The van der Waals surface area contributed by atoms with Gasteiger partial charge in [0.15, 0.2) is 0 Å². The molecule has 0 bridgehead atoms. The van der Waals surface area contributed by atoms with Gasteiger partial charge in [-0.05, 0) is 87.9 Å². The van der Waals surface area contributed by atoms with Crippen molar-refractivity contribution < 1.29 is 0 Å². The van der Waals surface area contributed by atoms with E-state index in [9.17, 15) is 0 Å². The smallest absolute Gasteiger partial charge is 0.0166 e.